The second kappa shape index (κ2) is 8.82. The van der Waals surface area contributed by atoms with E-state index in [0.717, 1.165) is 12.7 Å². The van der Waals surface area contributed by atoms with Crippen LogP contribution in [-0.2, 0) is 20.9 Å². The van der Waals surface area contributed by atoms with Gasteiger partial charge in [-0.05, 0) is 17.2 Å². The van der Waals surface area contributed by atoms with Crippen molar-refractivity contribution < 1.29 is 19.4 Å². The topological polar surface area (TPSA) is 85.2 Å². The molecule has 20 heavy (non-hydrogen) atoms. The fourth-order valence-electron chi connectivity index (χ4n) is 1.53. The average Bonchev–Trinajstić information content (AvgIpc) is 2.48. The second-order valence-electron chi connectivity index (χ2n) is 4.02. The molecule has 1 aromatic rings. The SMILES string of the molecule is COC(=O)/C(N=O)=C(\O)CCCOCc1ccccc1. The normalized spacial score (nSPS) is 11.7. The molecule has 0 aromatic heterocycles. The molecule has 6 heteroatoms. The van der Waals surface area contributed by atoms with E-state index in [9.17, 15) is 14.8 Å². The summed E-state index contributed by atoms with van der Waals surface area (Å²) in [6.45, 7) is 0.868. The number of methoxy groups -OCH3 is 1. The van der Waals surface area contributed by atoms with Gasteiger partial charge in [0, 0.05) is 13.0 Å². The van der Waals surface area contributed by atoms with Crippen molar-refractivity contribution in [3.8, 4) is 0 Å². The van der Waals surface area contributed by atoms with Crippen molar-refractivity contribution in [2.45, 2.75) is 19.4 Å². The molecule has 0 saturated heterocycles. The molecule has 0 unspecified atom stereocenters. The number of aliphatic hydroxyl groups excluding tert-OH is 1. The molecule has 0 aliphatic rings. The van der Waals surface area contributed by atoms with E-state index in [1.165, 1.54) is 0 Å². The third-order valence-electron chi connectivity index (χ3n) is 2.56. The van der Waals surface area contributed by atoms with Crippen molar-refractivity contribution in [1.29, 1.82) is 0 Å². The molecule has 1 aromatic carbocycles. The number of esters is 1. The highest BCUT2D eigenvalue weighted by Crippen LogP contribution is 2.11. The third-order valence-corrected chi connectivity index (χ3v) is 2.56. The molecule has 1 rings (SSSR count). The van der Waals surface area contributed by atoms with Gasteiger partial charge in [0.15, 0.2) is 0 Å². The molecule has 0 atom stereocenters. The van der Waals surface area contributed by atoms with Gasteiger partial charge in [-0.3, -0.25) is 0 Å². The van der Waals surface area contributed by atoms with E-state index in [4.69, 9.17) is 4.74 Å². The Kier molecular flexibility index (Phi) is 6.99. The number of nitroso groups, excluding NO2 is 1. The average molecular weight is 279 g/mol. The first-order valence-corrected chi connectivity index (χ1v) is 6.14. The van der Waals surface area contributed by atoms with E-state index in [0.29, 0.717) is 19.6 Å². The molecule has 0 bridgehead atoms. The highest BCUT2D eigenvalue weighted by atomic mass is 16.5. The maximum absolute atomic E-state index is 11.1. The van der Waals surface area contributed by atoms with Crippen LogP contribution in [-0.4, -0.2) is 24.8 Å². The van der Waals surface area contributed by atoms with Crippen molar-refractivity contribution in [3.05, 3.63) is 52.3 Å². The molecular formula is C14H17NO5. The summed E-state index contributed by atoms with van der Waals surface area (Å²) in [6.07, 6.45) is 0.597. The van der Waals surface area contributed by atoms with Gasteiger partial charge < -0.3 is 14.6 Å². The fraction of sp³-hybridized carbons (Fsp3) is 0.357. The predicted octanol–water partition coefficient (Wildman–Crippen LogP) is 2.69. The summed E-state index contributed by atoms with van der Waals surface area (Å²) in [5.74, 6) is -1.32. The summed E-state index contributed by atoms with van der Waals surface area (Å²) in [5.41, 5.74) is 0.465. The first-order chi connectivity index (χ1) is 9.69. The van der Waals surface area contributed by atoms with Crippen molar-refractivity contribution in [2.24, 2.45) is 5.18 Å². The van der Waals surface area contributed by atoms with Crippen LogP contribution in [0.2, 0.25) is 0 Å². The zero-order valence-corrected chi connectivity index (χ0v) is 11.2. The van der Waals surface area contributed by atoms with Crippen LogP contribution in [0, 0.1) is 4.91 Å². The Hall–Kier alpha value is -2.21. The van der Waals surface area contributed by atoms with Gasteiger partial charge in [0.1, 0.15) is 5.76 Å². The lowest BCUT2D eigenvalue weighted by Gasteiger charge is -2.05. The largest absolute Gasteiger partial charge is 0.510 e. The lowest BCUT2D eigenvalue weighted by Crippen LogP contribution is -2.06. The molecular weight excluding hydrogens is 262 g/mol. The van der Waals surface area contributed by atoms with Crippen molar-refractivity contribution >= 4 is 5.97 Å². The number of hydrogen-bond acceptors (Lipinski definition) is 6. The molecule has 108 valence electrons. The Morgan fingerprint density at radius 1 is 1.30 bits per heavy atom. The van der Waals surface area contributed by atoms with Gasteiger partial charge in [-0.1, -0.05) is 30.3 Å². The van der Waals surface area contributed by atoms with Gasteiger partial charge >= 0.3 is 5.97 Å². The Labute approximate surface area is 117 Å². The van der Waals surface area contributed by atoms with Crippen LogP contribution in [0.15, 0.2) is 47.0 Å². The highest BCUT2D eigenvalue weighted by Gasteiger charge is 2.16. The highest BCUT2D eigenvalue weighted by molar-refractivity contribution is 5.88. The summed E-state index contributed by atoms with van der Waals surface area (Å²) < 4.78 is 9.74. The number of benzene rings is 1. The monoisotopic (exact) mass is 279 g/mol. The number of rotatable bonds is 8. The molecule has 6 nitrogen and oxygen atoms in total. The van der Waals surface area contributed by atoms with Crippen LogP contribution in [0.4, 0.5) is 0 Å². The zero-order valence-electron chi connectivity index (χ0n) is 11.2. The molecule has 0 heterocycles. The Bertz CT molecular complexity index is 470. The summed E-state index contributed by atoms with van der Waals surface area (Å²) >= 11 is 0. The minimum atomic E-state index is -0.942. The van der Waals surface area contributed by atoms with E-state index in [2.05, 4.69) is 9.91 Å². The smallest absolute Gasteiger partial charge is 0.363 e. The van der Waals surface area contributed by atoms with Gasteiger partial charge in [-0.15, -0.1) is 4.91 Å². The van der Waals surface area contributed by atoms with Crippen molar-refractivity contribution in [1.82, 2.24) is 0 Å². The van der Waals surface area contributed by atoms with Crippen LogP contribution in [0.1, 0.15) is 18.4 Å². The van der Waals surface area contributed by atoms with Crippen molar-refractivity contribution in [3.63, 3.8) is 0 Å². The van der Waals surface area contributed by atoms with E-state index in [1.54, 1.807) is 0 Å². The number of ether oxygens (including phenoxy) is 2. The molecule has 0 radical (unpaired) electrons. The van der Waals surface area contributed by atoms with Gasteiger partial charge in [0.2, 0.25) is 5.70 Å². The van der Waals surface area contributed by atoms with Crippen LogP contribution in [0.3, 0.4) is 0 Å². The molecule has 1 N–H and O–H groups in total. The van der Waals surface area contributed by atoms with Gasteiger partial charge in [0.05, 0.1) is 13.7 Å². The molecule has 0 amide bonds. The number of hydrogen-bond donors (Lipinski definition) is 1. The molecule has 0 spiro atoms. The van der Waals surface area contributed by atoms with Crippen LogP contribution < -0.4 is 0 Å². The molecule has 0 saturated carbocycles. The lowest BCUT2D eigenvalue weighted by atomic mass is 10.2. The number of allylic oxidation sites excluding steroid dienone is 1. The number of carbonyl (C=O) groups excluding carboxylic acids is 1. The van der Waals surface area contributed by atoms with E-state index in [-0.39, 0.29) is 12.2 Å². The predicted molar refractivity (Wildman–Crippen MR) is 72.8 cm³/mol. The quantitative estimate of drug-likeness (QED) is 0.260. The maximum Gasteiger partial charge on any atom is 0.363 e. The fourth-order valence-corrected chi connectivity index (χ4v) is 1.53. The van der Waals surface area contributed by atoms with Gasteiger partial charge in [0.25, 0.3) is 0 Å². The number of nitrogens with zero attached hydrogens (tertiary/aromatic N) is 1. The van der Waals surface area contributed by atoms with Gasteiger partial charge in [-0.2, -0.15) is 0 Å². The molecule has 0 fully saturated rings. The van der Waals surface area contributed by atoms with E-state index < -0.39 is 11.7 Å². The van der Waals surface area contributed by atoms with Crippen LogP contribution in [0.5, 0.6) is 0 Å². The van der Waals surface area contributed by atoms with Crippen LogP contribution >= 0.6 is 0 Å². The Morgan fingerprint density at radius 2 is 2.00 bits per heavy atom. The first kappa shape index (κ1) is 15.8. The summed E-state index contributed by atoms with van der Waals surface area (Å²) in [6, 6.07) is 9.66. The number of aliphatic hydroxyl groups is 1. The molecule has 0 aliphatic carbocycles. The van der Waals surface area contributed by atoms with E-state index >= 15 is 0 Å². The second-order valence-corrected chi connectivity index (χ2v) is 4.02. The Balaban J connectivity index is 2.31. The summed E-state index contributed by atoms with van der Waals surface area (Å²) in [7, 11) is 1.11. The third kappa shape index (κ3) is 5.19. The lowest BCUT2D eigenvalue weighted by molar-refractivity contribution is -0.136. The summed E-state index contributed by atoms with van der Waals surface area (Å²) in [4.78, 5) is 21.5. The zero-order chi connectivity index (χ0) is 14.8. The minimum Gasteiger partial charge on any atom is -0.510 e. The van der Waals surface area contributed by atoms with Crippen LogP contribution in [0.25, 0.3) is 0 Å². The minimum absolute atomic E-state index is 0.130. The number of carbonyl (C=O) groups is 1. The van der Waals surface area contributed by atoms with Gasteiger partial charge in [-0.25, -0.2) is 4.79 Å². The van der Waals surface area contributed by atoms with E-state index in [1.807, 2.05) is 30.3 Å². The standard InChI is InChI=1S/C14H17NO5/c1-19-14(17)13(15-18)12(16)8-5-9-20-10-11-6-3-2-4-7-11/h2-4,6-7,16H,5,8-10H2,1H3/b13-12+. The summed E-state index contributed by atoms with van der Waals surface area (Å²) in [5, 5.41) is 12.0. The first-order valence-electron chi connectivity index (χ1n) is 6.14. The molecule has 0 aliphatic heterocycles. The Morgan fingerprint density at radius 3 is 2.60 bits per heavy atom. The maximum atomic E-state index is 11.1. The van der Waals surface area contributed by atoms with Crippen molar-refractivity contribution in [2.75, 3.05) is 13.7 Å².